The van der Waals surface area contributed by atoms with Crippen LogP contribution in [0.4, 0.5) is 0 Å². The minimum Gasteiger partial charge on any atom is -0.349 e. The van der Waals surface area contributed by atoms with Gasteiger partial charge in [0.2, 0.25) is 5.91 Å². The lowest BCUT2D eigenvalue weighted by Crippen LogP contribution is -2.28. The van der Waals surface area contributed by atoms with E-state index in [0.29, 0.717) is 10.6 Å². The van der Waals surface area contributed by atoms with Gasteiger partial charge in [-0.05, 0) is 44.0 Å². The number of thioether (sulfide) groups is 1. The number of hydrogen-bond donors (Lipinski definition) is 1. The third kappa shape index (κ3) is 4.56. The molecule has 2 aromatic rings. The SMILES string of the molecule is Cc1nnc(SCC(=O)NC(C)c2ccc(Br)cc2)c(C#N)c1C. The van der Waals surface area contributed by atoms with Gasteiger partial charge < -0.3 is 5.32 Å². The lowest BCUT2D eigenvalue weighted by molar-refractivity contribution is -0.119. The number of carbonyl (C=O) groups is 1. The molecule has 0 aliphatic carbocycles. The highest BCUT2D eigenvalue weighted by Gasteiger charge is 2.14. The van der Waals surface area contributed by atoms with Crippen LogP contribution < -0.4 is 5.32 Å². The van der Waals surface area contributed by atoms with Crippen LogP contribution in [-0.4, -0.2) is 21.9 Å². The molecule has 1 amide bonds. The topological polar surface area (TPSA) is 78.7 Å². The third-order valence-electron chi connectivity index (χ3n) is 3.62. The Morgan fingerprint density at radius 3 is 2.62 bits per heavy atom. The standard InChI is InChI=1S/C17H17BrN4OS/c1-10-11(2)21-22-17(15(10)8-19)24-9-16(23)20-12(3)13-4-6-14(18)7-5-13/h4-7,12H,9H2,1-3H3,(H,20,23). The first kappa shape index (κ1) is 18.4. The van der Waals surface area contributed by atoms with E-state index < -0.39 is 0 Å². The van der Waals surface area contributed by atoms with Crippen LogP contribution in [0.3, 0.4) is 0 Å². The van der Waals surface area contributed by atoms with E-state index in [2.05, 4.69) is 37.5 Å². The minimum atomic E-state index is -0.112. The summed E-state index contributed by atoms with van der Waals surface area (Å²) >= 11 is 4.62. The molecule has 1 heterocycles. The summed E-state index contributed by atoms with van der Waals surface area (Å²) in [5.41, 5.74) is 3.05. The Labute approximate surface area is 154 Å². The van der Waals surface area contributed by atoms with Crippen molar-refractivity contribution in [2.45, 2.75) is 31.8 Å². The maximum absolute atomic E-state index is 12.1. The van der Waals surface area contributed by atoms with E-state index in [4.69, 9.17) is 0 Å². The number of rotatable bonds is 5. The van der Waals surface area contributed by atoms with E-state index in [1.54, 1.807) is 0 Å². The van der Waals surface area contributed by atoms with Crippen LogP contribution in [-0.2, 0) is 4.79 Å². The zero-order chi connectivity index (χ0) is 17.7. The monoisotopic (exact) mass is 404 g/mol. The molecule has 2 rings (SSSR count). The fourth-order valence-electron chi connectivity index (χ4n) is 2.07. The first-order valence-electron chi connectivity index (χ1n) is 7.34. The van der Waals surface area contributed by atoms with Gasteiger partial charge in [-0.25, -0.2) is 0 Å². The Hall–Kier alpha value is -1.91. The van der Waals surface area contributed by atoms with Crippen molar-refractivity contribution in [3.05, 3.63) is 51.1 Å². The van der Waals surface area contributed by atoms with E-state index in [1.807, 2.05) is 45.0 Å². The number of carbonyl (C=O) groups excluding carboxylic acids is 1. The van der Waals surface area contributed by atoms with Gasteiger partial charge in [0.15, 0.2) is 0 Å². The molecule has 0 aliphatic heterocycles. The van der Waals surface area contributed by atoms with Gasteiger partial charge in [0.25, 0.3) is 0 Å². The van der Waals surface area contributed by atoms with Crippen LogP contribution in [0, 0.1) is 25.2 Å². The quantitative estimate of drug-likeness (QED) is 0.768. The van der Waals surface area contributed by atoms with Crippen molar-refractivity contribution >= 4 is 33.6 Å². The zero-order valence-corrected chi connectivity index (χ0v) is 16.0. The summed E-state index contributed by atoms with van der Waals surface area (Å²) in [6.45, 7) is 5.58. The minimum absolute atomic E-state index is 0.0903. The highest BCUT2D eigenvalue weighted by Crippen LogP contribution is 2.23. The second-order valence-electron chi connectivity index (χ2n) is 5.33. The Kier molecular flexibility index (Phi) is 6.35. The molecule has 0 saturated carbocycles. The molecule has 0 bridgehead atoms. The van der Waals surface area contributed by atoms with Gasteiger partial charge in [0.1, 0.15) is 11.1 Å². The normalized spacial score (nSPS) is 11.6. The number of aromatic nitrogens is 2. The molecule has 124 valence electrons. The Balaban J connectivity index is 1.98. The average molecular weight is 405 g/mol. The summed E-state index contributed by atoms with van der Waals surface area (Å²) in [5, 5.41) is 20.8. The Morgan fingerprint density at radius 1 is 1.33 bits per heavy atom. The van der Waals surface area contributed by atoms with Crippen LogP contribution in [0.15, 0.2) is 33.8 Å². The molecule has 1 unspecified atom stereocenters. The summed E-state index contributed by atoms with van der Waals surface area (Å²) in [5.74, 6) is 0.0755. The van der Waals surface area contributed by atoms with Gasteiger partial charge in [-0.2, -0.15) is 10.4 Å². The largest absolute Gasteiger partial charge is 0.349 e. The molecule has 0 radical (unpaired) electrons. The molecule has 1 aromatic heterocycles. The number of benzene rings is 1. The summed E-state index contributed by atoms with van der Waals surface area (Å²) < 4.78 is 0.998. The van der Waals surface area contributed by atoms with E-state index in [9.17, 15) is 10.1 Å². The fraction of sp³-hybridized carbons (Fsp3) is 0.294. The number of hydrogen-bond acceptors (Lipinski definition) is 5. The van der Waals surface area contributed by atoms with Crippen molar-refractivity contribution in [3.8, 4) is 6.07 Å². The third-order valence-corrected chi connectivity index (χ3v) is 5.12. The summed E-state index contributed by atoms with van der Waals surface area (Å²) in [4.78, 5) is 12.1. The lowest BCUT2D eigenvalue weighted by Gasteiger charge is -2.14. The van der Waals surface area contributed by atoms with Crippen molar-refractivity contribution in [3.63, 3.8) is 0 Å². The van der Waals surface area contributed by atoms with Crippen molar-refractivity contribution in [2.75, 3.05) is 5.75 Å². The maximum Gasteiger partial charge on any atom is 0.230 e. The van der Waals surface area contributed by atoms with Crippen molar-refractivity contribution in [2.24, 2.45) is 0 Å². The van der Waals surface area contributed by atoms with Crippen molar-refractivity contribution in [1.82, 2.24) is 15.5 Å². The molecule has 24 heavy (non-hydrogen) atoms. The van der Waals surface area contributed by atoms with E-state index in [0.717, 1.165) is 21.3 Å². The van der Waals surface area contributed by atoms with Gasteiger partial charge >= 0.3 is 0 Å². The number of nitrogens with zero attached hydrogens (tertiary/aromatic N) is 3. The first-order chi connectivity index (χ1) is 11.4. The number of halogens is 1. The predicted molar refractivity (Wildman–Crippen MR) is 97.6 cm³/mol. The Bertz CT molecular complexity index is 786. The summed E-state index contributed by atoms with van der Waals surface area (Å²) in [7, 11) is 0. The molecule has 1 aromatic carbocycles. The highest BCUT2D eigenvalue weighted by atomic mass is 79.9. The lowest BCUT2D eigenvalue weighted by atomic mass is 10.1. The first-order valence-corrected chi connectivity index (χ1v) is 9.11. The molecule has 1 atom stereocenters. The molecule has 0 aliphatic rings. The number of aryl methyl sites for hydroxylation is 1. The smallest absolute Gasteiger partial charge is 0.230 e. The van der Waals surface area contributed by atoms with Crippen LogP contribution in [0.2, 0.25) is 0 Å². The van der Waals surface area contributed by atoms with Crippen molar-refractivity contribution < 1.29 is 4.79 Å². The molecular weight excluding hydrogens is 388 g/mol. The molecule has 5 nitrogen and oxygen atoms in total. The fourth-order valence-corrected chi connectivity index (χ4v) is 3.13. The Morgan fingerprint density at radius 2 is 2.00 bits per heavy atom. The predicted octanol–water partition coefficient (Wildman–Crippen LogP) is 3.70. The molecule has 7 heteroatoms. The second-order valence-corrected chi connectivity index (χ2v) is 7.21. The van der Waals surface area contributed by atoms with E-state index in [-0.39, 0.29) is 17.7 Å². The van der Waals surface area contributed by atoms with Gasteiger partial charge in [-0.3, -0.25) is 4.79 Å². The van der Waals surface area contributed by atoms with Gasteiger partial charge in [-0.15, -0.1) is 5.10 Å². The van der Waals surface area contributed by atoms with Gasteiger partial charge in [0.05, 0.1) is 23.1 Å². The van der Waals surface area contributed by atoms with Crippen molar-refractivity contribution in [1.29, 1.82) is 5.26 Å². The van der Waals surface area contributed by atoms with Gasteiger partial charge in [0, 0.05) is 4.47 Å². The molecular formula is C17H17BrN4OS. The van der Waals surface area contributed by atoms with Crippen LogP contribution in [0.5, 0.6) is 0 Å². The highest BCUT2D eigenvalue weighted by molar-refractivity contribution is 9.10. The average Bonchev–Trinajstić information content (AvgIpc) is 2.56. The number of nitriles is 1. The number of nitrogens with one attached hydrogen (secondary N) is 1. The second kappa shape index (κ2) is 8.27. The summed E-state index contributed by atoms with van der Waals surface area (Å²) in [6.07, 6.45) is 0. The molecule has 0 spiro atoms. The van der Waals surface area contributed by atoms with E-state index in [1.165, 1.54) is 11.8 Å². The molecule has 0 saturated heterocycles. The van der Waals surface area contributed by atoms with Gasteiger partial charge in [-0.1, -0.05) is 39.8 Å². The molecule has 1 N–H and O–H groups in total. The summed E-state index contributed by atoms with van der Waals surface area (Å²) in [6, 6.07) is 9.86. The van der Waals surface area contributed by atoms with Crippen LogP contribution in [0.25, 0.3) is 0 Å². The maximum atomic E-state index is 12.1. The van der Waals surface area contributed by atoms with Crippen LogP contribution in [0.1, 0.15) is 35.3 Å². The van der Waals surface area contributed by atoms with E-state index >= 15 is 0 Å². The number of amides is 1. The zero-order valence-electron chi connectivity index (χ0n) is 13.6. The molecule has 0 fully saturated rings. The van der Waals surface area contributed by atoms with Crippen LogP contribution >= 0.6 is 27.7 Å².